The van der Waals surface area contributed by atoms with E-state index in [2.05, 4.69) is 10.3 Å². The Bertz CT molecular complexity index is 718. The number of carbonyl (C=O) groups excluding carboxylic acids is 2. The molecular formula is C15H14ClN3O2. The molecule has 1 aliphatic rings. The summed E-state index contributed by atoms with van der Waals surface area (Å²) >= 11 is 6.00. The van der Waals surface area contributed by atoms with E-state index in [0.717, 1.165) is 5.56 Å². The van der Waals surface area contributed by atoms with E-state index in [1.807, 2.05) is 6.92 Å². The molecular weight excluding hydrogens is 290 g/mol. The predicted octanol–water partition coefficient (Wildman–Crippen LogP) is 2.87. The third kappa shape index (κ3) is 3.58. The van der Waals surface area contributed by atoms with E-state index in [1.54, 1.807) is 12.1 Å². The zero-order chi connectivity index (χ0) is 15.6. The molecule has 0 aromatic heterocycles. The van der Waals surface area contributed by atoms with Crippen molar-refractivity contribution in [2.45, 2.75) is 13.8 Å². The molecule has 2 rings (SSSR count). The van der Waals surface area contributed by atoms with Crippen molar-refractivity contribution in [2.75, 3.05) is 11.1 Å². The molecule has 3 N–H and O–H groups in total. The molecule has 1 aromatic rings. The van der Waals surface area contributed by atoms with E-state index in [1.165, 1.54) is 25.2 Å². The summed E-state index contributed by atoms with van der Waals surface area (Å²) in [6, 6.07) is 3.40. The van der Waals surface area contributed by atoms with Crippen LogP contribution in [0.25, 0.3) is 0 Å². The molecule has 6 heteroatoms. The number of nitrogen functional groups attached to an aromatic ring is 1. The summed E-state index contributed by atoms with van der Waals surface area (Å²) in [7, 11) is 0. The molecule has 1 aliphatic carbocycles. The summed E-state index contributed by atoms with van der Waals surface area (Å²) in [5.74, 6) is -0.412. The molecule has 0 unspecified atom stereocenters. The lowest BCUT2D eigenvalue weighted by molar-refractivity contribution is -0.114. The monoisotopic (exact) mass is 303 g/mol. The Morgan fingerprint density at radius 3 is 2.67 bits per heavy atom. The quantitative estimate of drug-likeness (QED) is 0.651. The van der Waals surface area contributed by atoms with Gasteiger partial charge in [0.15, 0.2) is 5.78 Å². The Labute approximate surface area is 127 Å². The number of hydrogen-bond acceptors (Lipinski definition) is 4. The summed E-state index contributed by atoms with van der Waals surface area (Å²) in [4.78, 5) is 26.9. The molecule has 5 nitrogen and oxygen atoms in total. The fourth-order valence-electron chi connectivity index (χ4n) is 1.80. The zero-order valence-corrected chi connectivity index (χ0v) is 12.4. The highest BCUT2D eigenvalue weighted by Crippen LogP contribution is 2.31. The maximum Gasteiger partial charge on any atom is 0.221 e. The maximum atomic E-state index is 11.3. The molecule has 21 heavy (non-hydrogen) atoms. The second-order valence-electron chi connectivity index (χ2n) is 4.63. The first-order valence-electron chi connectivity index (χ1n) is 6.23. The van der Waals surface area contributed by atoms with Gasteiger partial charge >= 0.3 is 0 Å². The Morgan fingerprint density at radius 1 is 1.33 bits per heavy atom. The van der Waals surface area contributed by atoms with Crippen molar-refractivity contribution in [3.05, 3.63) is 41.0 Å². The van der Waals surface area contributed by atoms with Gasteiger partial charge in [0.05, 0.1) is 22.1 Å². The molecule has 0 saturated carbocycles. The van der Waals surface area contributed by atoms with Crippen LogP contribution in [0.15, 0.2) is 40.4 Å². The summed E-state index contributed by atoms with van der Waals surface area (Å²) in [6.45, 7) is 3.24. The van der Waals surface area contributed by atoms with Crippen LogP contribution in [-0.2, 0) is 9.59 Å². The standard InChI is InChI=1S/C15H14ClN3O2/c1-8-5-14(15(7-12(8)17)18-9(2)20)19-13-4-3-10(21)6-11(13)16/h3-7H,17H2,1-2H3,(H,18,20). The topological polar surface area (TPSA) is 84.6 Å². The van der Waals surface area contributed by atoms with Crippen LogP contribution in [0.2, 0.25) is 0 Å². The number of nitrogens with one attached hydrogen (secondary N) is 1. The fraction of sp³-hybridized carbons (Fsp3) is 0.133. The van der Waals surface area contributed by atoms with Gasteiger partial charge in [0.2, 0.25) is 5.91 Å². The number of nitrogens with two attached hydrogens (primary N) is 1. The molecule has 108 valence electrons. The van der Waals surface area contributed by atoms with Crippen molar-refractivity contribution in [3.63, 3.8) is 0 Å². The Morgan fingerprint density at radius 2 is 2.05 bits per heavy atom. The van der Waals surface area contributed by atoms with Crippen LogP contribution in [0, 0.1) is 6.92 Å². The first-order chi connectivity index (χ1) is 9.86. The number of halogens is 1. The predicted molar refractivity (Wildman–Crippen MR) is 85.1 cm³/mol. The van der Waals surface area contributed by atoms with Gasteiger partial charge in [-0.3, -0.25) is 9.59 Å². The normalized spacial score (nSPS) is 16.0. The lowest BCUT2D eigenvalue weighted by Gasteiger charge is -2.11. The van der Waals surface area contributed by atoms with Gasteiger partial charge in [-0.1, -0.05) is 11.6 Å². The molecule has 0 bridgehead atoms. The summed E-state index contributed by atoms with van der Waals surface area (Å²) < 4.78 is 0. The van der Waals surface area contributed by atoms with Gasteiger partial charge in [0.25, 0.3) is 0 Å². The molecule has 0 saturated heterocycles. The lowest BCUT2D eigenvalue weighted by Crippen LogP contribution is -2.08. The number of amides is 1. The Hall–Kier alpha value is -2.40. The second-order valence-corrected chi connectivity index (χ2v) is 5.04. The third-order valence-corrected chi connectivity index (χ3v) is 3.16. The van der Waals surface area contributed by atoms with Gasteiger partial charge < -0.3 is 11.1 Å². The average molecular weight is 304 g/mol. The Balaban J connectivity index is 2.50. The van der Waals surface area contributed by atoms with Crippen LogP contribution in [0.4, 0.5) is 17.1 Å². The minimum Gasteiger partial charge on any atom is -0.398 e. The minimum atomic E-state index is -0.226. The fourth-order valence-corrected chi connectivity index (χ4v) is 2.01. The number of hydrogen-bond donors (Lipinski definition) is 2. The van der Waals surface area contributed by atoms with Crippen molar-refractivity contribution in [1.82, 2.24) is 0 Å². The number of benzene rings is 1. The summed E-state index contributed by atoms with van der Waals surface area (Å²) in [5, 5.41) is 2.93. The van der Waals surface area contributed by atoms with Crippen LogP contribution < -0.4 is 11.1 Å². The van der Waals surface area contributed by atoms with Crippen LogP contribution >= 0.6 is 11.6 Å². The molecule has 1 amide bonds. The van der Waals surface area contributed by atoms with Crippen molar-refractivity contribution in [1.29, 1.82) is 0 Å². The SMILES string of the molecule is CC(=O)Nc1cc(N)c(C)cc1N=C1C=CC(=O)C=C1Cl. The molecule has 0 atom stereocenters. The largest absolute Gasteiger partial charge is 0.398 e. The highest BCUT2D eigenvalue weighted by atomic mass is 35.5. The van der Waals surface area contributed by atoms with Gasteiger partial charge in [0.1, 0.15) is 0 Å². The molecule has 1 aromatic carbocycles. The molecule has 0 fully saturated rings. The van der Waals surface area contributed by atoms with E-state index in [-0.39, 0.29) is 16.7 Å². The lowest BCUT2D eigenvalue weighted by atomic mass is 10.1. The molecule has 0 spiro atoms. The minimum absolute atomic E-state index is 0.186. The van der Waals surface area contributed by atoms with E-state index < -0.39 is 0 Å². The number of rotatable bonds is 2. The van der Waals surface area contributed by atoms with Gasteiger partial charge in [-0.15, -0.1) is 0 Å². The van der Waals surface area contributed by atoms with Crippen LogP contribution in [0.5, 0.6) is 0 Å². The highest BCUT2D eigenvalue weighted by Gasteiger charge is 2.12. The van der Waals surface area contributed by atoms with Gasteiger partial charge in [-0.25, -0.2) is 4.99 Å². The van der Waals surface area contributed by atoms with E-state index >= 15 is 0 Å². The van der Waals surface area contributed by atoms with Crippen LogP contribution in [0.1, 0.15) is 12.5 Å². The number of carbonyl (C=O) groups is 2. The Kier molecular flexibility index (Phi) is 4.23. The summed E-state index contributed by atoms with van der Waals surface area (Å²) in [6.07, 6.45) is 4.21. The van der Waals surface area contributed by atoms with Crippen LogP contribution in [-0.4, -0.2) is 17.4 Å². The second kappa shape index (κ2) is 5.93. The number of aryl methyl sites for hydroxylation is 1. The van der Waals surface area contributed by atoms with Gasteiger partial charge in [0, 0.05) is 18.7 Å². The number of anilines is 2. The van der Waals surface area contributed by atoms with E-state index in [9.17, 15) is 9.59 Å². The van der Waals surface area contributed by atoms with Crippen molar-refractivity contribution in [2.24, 2.45) is 4.99 Å². The van der Waals surface area contributed by atoms with E-state index in [0.29, 0.717) is 22.8 Å². The first kappa shape index (κ1) is 15.0. The number of nitrogens with zero attached hydrogens (tertiary/aromatic N) is 1. The highest BCUT2D eigenvalue weighted by molar-refractivity contribution is 6.48. The van der Waals surface area contributed by atoms with Crippen LogP contribution in [0.3, 0.4) is 0 Å². The molecule has 0 heterocycles. The first-order valence-corrected chi connectivity index (χ1v) is 6.60. The maximum absolute atomic E-state index is 11.3. The molecule has 0 aliphatic heterocycles. The molecule has 0 radical (unpaired) electrons. The number of aliphatic imine (C=N–C) groups is 1. The van der Waals surface area contributed by atoms with Crippen molar-refractivity contribution < 1.29 is 9.59 Å². The van der Waals surface area contributed by atoms with Crippen molar-refractivity contribution in [3.8, 4) is 0 Å². The van der Waals surface area contributed by atoms with Crippen molar-refractivity contribution >= 4 is 46.1 Å². The third-order valence-electron chi connectivity index (χ3n) is 2.86. The van der Waals surface area contributed by atoms with E-state index in [4.69, 9.17) is 17.3 Å². The zero-order valence-electron chi connectivity index (χ0n) is 11.6. The number of ketones is 1. The summed E-state index contributed by atoms with van der Waals surface area (Å²) in [5.41, 5.74) is 8.70. The van der Waals surface area contributed by atoms with Gasteiger partial charge in [-0.05, 0) is 36.8 Å². The van der Waals surface area contributed by atoms with Gasteiger partial charge in [-0.2, -0.15) is 0 Å². The number of allylic oxidation sites excluding steroid dienone is 4. The average Bonchev–Trinajstić information content (AvgIpc) is 2.38. The smallest absolute Gasteiger partial charge is 0.221 e.